The molecular formula is C34H57N5O5. The minimum absolute atomic E-state index is 0.136. The molecule has 5 rings (SSSR count). The lowest BCUT2D eigenvalue weighted by molar-refractivity contribution is -0.183. The summed E-state index contributed by atoms with van der Waals surface area (Å²) in [6.07, 6.45) is 14.1. The van der Waals surface area contributed by atoms with Crippen molar-refractivity contribution in [3.8, 4) is 11.8 Å². The smallest absolute Gasteiger partial charge is 0.240 e. The highest BCUT2D eigenvalue weighted by atomic mass is 16.7. The standard InChI is InChI=1S/C34H57N5O5/c1-24(41)31-30(22-40)44-39(32(31)34(43)36-18-9-19-38-23-37-28-15-5-6-16-29(28)38)21-26-11-7-10-25(20-26)12-8-17-35-33(42)27-13-3-2-4-14-27/h24-32,37,40-41H,2-7,9-11,13-23H2,1H3,(H,35,42)(H,36,43)/t24-,25?,26?,28?,29?,30-,31+,32-/m1/s1. The van der Waals surface area contributed by atoms with Crippen LogP contribution >= 0.6 is 0 Å². The molecule has 2 amide bonds. The number of rotatable bonds is 11. The second-order valence-corrected chi connectivity index (χ2v) is 14.1. The predicted octanol–water partition coefficient (Wildman–Crippen LogP) is 2.15. The highest BCUT2D eigenvalue weighted by molar-refractivity contribution is 5.82. The number of nitrogens with one attached hydrogen (secondary N) is 3. The SMILES string of the molecule is C[C@@H](O)[C@H]1[C@@H](CO)ON(CC2CCCC(C#CCNC(=O)C3CCCCC3)C2)[C@H]1C(=O)NCCCN1CNC2CCCCC21. The number of hydroxylamine groups is 2. The third-order valence-electron chi connectivity index (χ3n) is 10.9. The fourth-order valence-corrected chi connectivity index (χ4v) is 8.56. The summed E-state index contributed by atoms with van der Waals surface area (Å²) in [5, 5.41) is 32.3. The summed E-state index contributed by atoms with van der Waals surface area (Å²) in [6.45, 7) is 4.86. The minimum Gasteiger partial charge on any atom is -0.394 e. The van der Waals surface area contributed by atoms with Gasteiger partial charge in [-0.1, -0.05) is 50.4 Å². The van der Waals surface area contributed by atoms with Crippen molar-refractivity contribution in [2.45, 2.75) is 127 Å². The van der Waals surface area contributed by atoms with E-state index < -0.39 is 24.2 Å². The average molecular weight is 616 g/mol. The molecule has 0 radical (unpaired) electrons. The summed E-state index contributed by atoms with van der Waals surface area (Å²) < 4.78 is 0. The highest BCUT2D eigenvalue weighted by Crippen LogP contribution is 2.35. The van der Waals surface area contributed by atoms with Crippen LogP contribution in [-0.4, -0.2) is 102 Å². The van der Waals surface area contributed by atoms with Crippen molar-refractivity contribution in [2.75, 3.05) is 39.5 Å². The first-order valence-electron chi connectivity index (χ1n) is 17.7. The van der Waals surface area contributed by atoms with Gasteiger partial charge in [0.15, 0.2) is 0 Å². The van der Waals surface area contributed by atoms with E-state index >= 15 is 0 Å². The number of amides is 2. The zero-order valence-electron chi connectivity index (χ0n) is 26.9. The number of aliphatic hydroxyl groups excluding tert-OH is 2. The fraction of sp³-hybridized carbons (Fsp3) is 0.882. The zero-order chi connectivity index (χ0) is 30.9. The molecule has 44 heavy (non-hydrogen) atoms. The molecule has 10 heteroatoms. The third kappa shape index (κ3) is 8.74. The number of carbonyl (C=O) groups excluding carboxylic acids is 2. The summed E-state index contributed by atoms with van der Waals surface area (Å²) in [7, 11) is 0. The second kappa shape index (κ2) is 16.7. The minimum atomic E-state index is -0.791. The maximum absolute atomic E-state index is 13.6. The van der Waals surface area contributed by atoms with E-state index in [1.165, 1.54) is 32.1 Å². The Balaban J connectivity index is 1.10. The number of hydrogen-bond donors (Lipinski definition) is 5. The van der Waals surface area contributed by atoms with Crippen molar-refractivity contribution in [2.24, 2.45) is 23.7 Å². The number of fused-ring (bicyclic) bond motifs is 1. The van der Waals surface area contributed by atoms with Gasteiger partial charge in [0.25, 0.3) is 0 Å². The maximum Gasteiger partial charge on any atom is 0.240 e. The Bertz CT molecular complexity index is 994. The van der Waals surface area contributed by atoms with Gasteiger partial charge in [-0.2, -0.15) is 5.06 Å². The number of hydrogen-bond acceptors (Lipinski definition) is 8. The lowest BCUT2D eigenvalue weighted by atomic mass is 9.81. The summed E-state index contributed by atoms with van der Waals surface area (Å²) in [4.78, 5) is 34.7. The Morgan fingerprint density at radius 2 is 1.80 bits per heavy atom. The Morgan fingerprint density at radius 1 is 1.00 bits per heavy atom. The van der Waals surface area contributed by atoms with Crippen LogP contribution in [-0.2, 0) is 14.4 Å². The average Bonchev–Trinajstić information content (AvgIpc) is 3.63. The largest absolute Gasteiger partial charge is 0.394 e. The van der Waals surface area contributed by atoms with Crippen LogP contribution in [0.3, 0.4) is 0 Å². The zero-order valence-corrected chi connectivity index (χ0v) is 26.9. The monoisotopic (exact) mass is 615 g/mol. The van der Waals surface area contributed by atoms with Gasteiger partial charge in [-0.25, -0.2) is 0 Å². The predicted molar refractivity (Wildman–Crippen MR) is 169 cm³/mol. The molecule has 5 N–H and O–H groups in total. The Morgan fingerprint density at radius 3 is 2.59 bits per heavy atom. The molecule has 8 atom stereocenters. The molecule has 2 aliphatic heterocycles. The molecule has 0 bridgehead atoms. The number of carbonyl (C=O) groups is 2. The summed E-state index contributed by atoms with van der Waals surface area (Å²) in [5.74, 6) is 6.81. The Labute approximate surface area is 264 Å². The first-order chi connectivity index (χ1) is 21.4. The molecule has 0 aromatic heterocycles. The third-order valence-corrected chi connectivity index (χ3v) is 10.9. The summed E-state index contributed by atoms with van der Waals surface area (Å²) in [6, 6.07) is 0.583. The van der Waals surface area contributed by atoms with Crippen LogP contribution in [0, 0.1) is 35.5 Å². The van der Waals surface area contributed by atoms with E-state index in [1.807, 2.05) is 0 Å². The molecule has 248 valence electrons. The summed E-state index contributed by atoms with van der Waals surface area (Å²) in [5.41, 5.74) is 0. The van der Waals surface area contributed by atoms with E-state index in [9.17, 15) is 19.8 Å². The molecule has 0 spiro atoms. The number of nitrogens with zero attached hydrogens (tertiary/aromatic N) is 2. The molecule has 3 aliphatic carbocycles. The molecule has 3 saturated carbocycles. The molecule has 5 aliphatic rings. The van der Waals surface area contributed by atoms with Gasteiger partial charge in [0.2, 0.25) is 11.8 Å². The topological polar surface area (TPSA) is 126 Å². The fourth-order valence-electron chi connectivity index (χ4n) is 8.56. The highest BCUT2D eigenvalue weighted by Gasteiger charge is 2.49. The molecular weight excluding hydrogens is 558 g/mol. The Kier molecular flexibility index (Phi) is 12.8. The van der Waals surface area contributed by atoms with Crippen molar-refractivity contribution in [3.63, 3.8) is 0 Å². The van der Waals surface area contributed by atoms with E-state index in [-0.39, 0.29) is 30.3 Å². The van der Waals surface area contributed by atoms with Crippen molar-refractivity contribution >= 4 is 11.8 Å². The van der Waals surface area contributed by atoms with Gasteiger partial charge in [-0.3, -0.25) is 24.6 Å². The summed E-state index contributed by atoms with van der Waals surface area (Å²) >= 11 is 0. The van der Waals surface area contributed by atoms with Gasteiger partial charge in [0.05, 0.1) is 19.3 Å². The van der Waals surface area contributed by atoms with E-state index in [0.717, 1.165) is 71.0 Å². The van der Waals surface area contributed by atoms with Gasteiger partial charge in [-0.05, 0) is 64.2 Å². The van der Waals surface area contributed by atoms with Crippen molar-refractivity contribution in [3.05, 3.63) is 0 Å². The second-order valence-electron chi connectivity index (χ2n) is 14.1. The molecule has 10 nitrogen and oxygen atoms in total. The van der Waals surface area contributed by atoms with Gasteiger partial charge in [-0.15, -0.1) is 0 Å². The van der Waals surface area contributed by atoms with E-state index in [4.69, 9.17) is 4.84 Å². The van der Waals surface area contributed by atoms with Crippen LogP contribution in [0.1, 0.15) is 96.8 Å². The van der Waals surface area contributed by atoms with Gasteiger partial charge >= 0.3 is 0 Å². The quantitative estimate of drug-likeness (QED) is 0.177. The van der Waals surface area contributed by atoms with Gasteiger partial charge in [0, 0.05) is 56.1 Å². The van der Waals surface area contributed by atoms with Crippen LogP contribution in [0.5, 0.6) is 0 Å². The van der Waals surface area contributed by atoms with E-state index in [1.54, 1.807) is 12.0 Å². The molecule has 2 heterocycles. The van der Waals surface area contributed by atoms with Crippen LogP contribution in [0.25, 0.3) is 0 Å². The first-order valence-corrected chi connectivity index (χ1v) is 17.7. The molecule has 0 aromatic carbocycles. The molecule has 5 fully saturated rings. The maximum atomic E-state index is 13.6. The molecule has 2 saturated heterocycles. The lowest BCUT2D eigenvalue weighted by Gasteiger charge is -2.32. The van der Waals surface area contributed by atoms with Crippen LogP contribution < -0.4 is 16.0 Å². The van der Waals surface area contributed by atoms with Gasteiger partial charge < -0.3 is 20.8 Å². The van der Waals surface area contributed by atoms with Crippen LogP contribution in [0.2, 0.25) is 0 Å². The molecule has 0 aromatic rings. The number of aliphatic hydroxyl groups is 2. The lowest BCUT2D eigenvalue weighted by Crippen LogP contribution is -2.50. The van der Waals surface area contributed by atoms with Crippen LogP contribution in [0.4, 0.5) is 0 Å². The first kappa shape index (κ1) is 33.6. The van der Waals surface area contributed by atoms with Crippen molar-refractivity contribution < 1.29 is 24.6 Å². The van der Waals surface area contributed by atoms with E-state index in [0.29, 0.717) is 37.6 Å². The molecule has 4 unspecified atom stereocenters. The van der Waals surface area contributed by atoms with Crippen molar-refractivity contribution in [1.82, 2.24) is 25.9 Å². The van der Waals surface area contributed by atoms with Gasteiger partial charge in [0.1, 0.15) is 12.1 Å². The Hall–Kier alpha value is -1.74. The van der Waals surface area contributed by atoms with E-state index in [2.05, 4.69) is 32.7 Å². The normalized spacial score (nSPS) is 34.1. The van der Waals surface area contributed by atoms with Crippen LogP contribution in [0.15, 0.2) is 0 Å². The van der Waals surface area contributed by atoms with Crippen molar-refractivity contribution in [1.29, 1.82) is 0 Å².